The zero-order chi connectivity index (χ0) is 13.0. The Bertz CT molecular complexity index is 543. The van der Waals surface area contributed by atoms with Gasteiger partial charge in [-0.05, 0) is 29.8 Å². The minimum atomic E-state index is 0.642. The molecule has 2 nitrogen and oxygen atoms in total. The number of benzene rings is 2. The van der Waals surface area contributed by atoms with E-state index in [1.165, 1.54) is 0 Å². The minimum Gasteiger partial charge on any atom is -0.497 e. The molecule has 2 rings (SSSR count). The summed E-state index contributed by atoms with van der Waals surface area (Å²) in [5.74, 6) is 0.821. The highest BCUT2D eigenvalue weighted by Gasteiger charge is 2.01. The van der Waals surface area contributed by atoms with Crippen molar-refractivity contribution < 1.29 is 4.74 Å². The summed E-state index contributed by atoms with van der Waals surface area (Å²) in [5, 5.41) is 4.60. The van der Waals surface area contributed by atoms with Crippen LogP contribution in [0.5, 0.6) is 5.75 Å². The molecule has 0 aliphatic rings. The van der Waals surface area contributed by atoms with Crippen LogP contribution in [0.15, 0.2) is 42.5 Å². The standard InChI is InChI=1S/C14H13Cl2NO/c1-18-13-4-2-3-12(8-13)17-9-10-5-6-11(15)7-14(10)16/h2-8,17H,9H2,1H3. The Hall–Kier alpha value is -1.38. The highest BCUT2D eigenvalue weighted by Crippen LogP contribution is 2.23. The lowest BCUT2D eigenvalue weighted by Crippen LogP contribution is -2.00. The Kier molecular flexibility index (Phi) is 4.34. The van der Waals surface area contributed by atoms with Crippen molar-refractivity contribution in [3.05, 3.63) is 58.1 Å². The molecule has 0 saturated carbocycles. The van der Waals surface area contributed by atoms with E-state index in [1.54, 1.807) is 13.2 Å². The molecule has 0 amide bonds. The van der Waals surface area contributed by atoms with Crippen molar-refractivity contribution in [3.8, 4) is 5.75 Å². The second-order valence-electron chi connectivity index (χ2n) is 3.82. The fourth-order valence-corrected chi connectivity index (χ4v) is 2.07. The number of nitrogens with one attached hydrogen (secondary N) is 1. The second-order valence-corrected chi connectivity index (χ2v) is 4.66. The third-order valence-electron chi connectivity index (χ3n) is 2.57. The molecule has 0 radical (unpaired) electrons. The van der Waals surface area contributed by atoms with E-state index in [-0.39, 0.29) is 0 Å². The van der Waals surface area contributed by atoms with Gasteiger partial charge in [-0.25, -0.2) is 0 Å². The first-order valence-corrected chi connectivity index (χ1v) is 6.26. The Morgan fingerprint density at radius 2 is 1.94 bits per heavy atom. The van der Waals surface area contributed by atoms with Crippen molar-refractivity contribution in [2.45, 2.75) is 6.54 Å². The molecule has 0 saturated heterocycles. The maximum absolute atomic E-state index is 6.11. The van der Waals surface area contributed by atoms with E-state index >= 15 is 0 Å². The van der Waals surface area contributed by atoms with Crippen LogP contribution >= 0.6 is 23.2 Å². The minimum absolute atomic E-state index is 0.642. The van der Waals surface area contributed by atoms with E-state index in [0.29, 0.717) is 16.6 Å². The fourth-order valence-electron chi connectivity index (χ4n) is 1.60. The van der Waals surface area contributed by atoms with Gasteiger partial charge >= 0.3 is 0 Å². The number of halogens is 2. The zero-order valence-electron chi connectivity index (χ0n) is 9.91. The molecule has 0 spiro atoms. The predicted molar refractivity (Wildman–Crippen MR) is 76.8 cm³/mol. The van der Waals surface area contributed by atoms with Crippen molar-refractivity contribution in [2.24, 2.45) is 0 Å². The van der Waals surface area contributed by atoms with Gasteiger partial charge in [-0.3, -0.25) is 0 Å². The van der Waals surface area contributed by atoms with Crippen LogP contribution in [-0.2, 0) is 6.54 Å². The number of hydrogen-bond donors (Lipinski definition) is 1. The zero-order valence-corrected chi connectivity index (χ0v) is 11.4. The molecule has 2 aromatic carbocycles. The number of hydrogen-bond acceptors (Lipinski definition) is 2. The Morgan fingerprint density at radius 3 is 2.67 bits per heavy atom. The third kappa shape index (κ3) is 3.31. The maximum atomic E-state index is 6.11. The highest BCUT2D eigenvalue weighted by molar-refractivity contribution is 6.35. The lowest BCUT2D eigenvalue weighted by molar-refractivity contribution is 0.415. The Morgan fingerprint density at radius 1 is 1.11 bits per heavy atom. The first-order valence-electron chi connectivity index (χ1n) is 5.51. The van der Waals surface area contributed by atoms with Crippen molar-refractivity contribution in [3.63, 3.8) is 0 Å². The fraction of sp³-hybridized carbons (Fsp3) is 0.143. The lowest BCUT2D eigenvalue weighted by Gasteiger charge is -2.09. The number of anilines is 1. The van der Waals surface area contributed by atoms with Gasteiger partial charge in [0.25, 0.3) is 0 Å². The van der Waals surface area contributed by atoms with E-state index in [1.807, 2.05) is 36.4 Å². The average molecular weight is 282 g/mol. The molecule has 0 aliphatic carbocycles. The second kappa shape index (κ2) is 5.98. The summed E-state index contributed by atoms with van der Waals surface area (Å²) in [6.45, 7) is 0.642. The molecular weight excluding hydrogens is 269 g/mol. The van der Waals surface area contributed by atoms with Crippen LogP contribution < -0.4 is 10.1 Å². The smallest absolute Gasteiger partial charge is 0.120 e. The Balaban J connectivity index is 2.06. The summed E-state index contributed by atoms with van der Waals surface area (Å²) >= 11 is 12.0. The first kappa shape index (κ1) is 13.1. The van der Waals surface area contributed by atoms with Crippen LogP contribution in [0.4, 0.5) is 5.69 Å². The number of methoxy groups -OCH3 is 1. The molecule has 0 bridgehead atoms. The van der Waals surface area contributed by atoms with E-state index in [2.05, 4.69) is 5.32 Å². The van der Waals surface area contributed by atoms with Gasteiger partial charge in [0, 0.05) is 28.3 Å². The van der Waals surface area contributed by atoms with E-state index in [9.17, 15) is 0 Å². The topological polar surface area (TPSA) is 21.3 Å². The van der Waals surface area contributed by atoms with Crippen LogP contribution in [0, 0.1) is 0 Å². The van der Waals surface area contributed by atoms with E-state index in [0.717, 1.165) is 17.0 Å². The quantitative estimate of drug-likeness (QED) is 0.883. The molecule has 0 unspecified atom stereocenters. The Labute approximate surface area is 116 Å². The largest absolute Gasteiger partial charge is 0.497 e. The summed E-state index contributed by atoms with van der Waals surface area (Å²) < 4.78 is 5.16. The molecule has 94 valence electrons. The monoisotopic (exact) mass is 281 g/mol. The van der Waals surface area contributed by atoms with E-state index in [4.69, 9.17) is 27.9 Å². The molecule has 0 fully saturated rings. The van der Waals surface area contributed by atoms with Crippen molar-refractivity contribution in [1.82, 2.24) is 0 Å². The van der Waals surface area contributed by atoms with Crippen LogP contribution in [-0.4, -0.2) is 7.11 Å². The van der Waals surface area contributed by atoms with E-state index < -0.39 is 0 Å². The summed E-state index contributed by atoms with van der Waals surface area (Å²) in [4.78, 5) is 0. The van der Waals surface area contributed by atoms with Crippen molar-refractivity contribution in [2.75, 3.05) is 12.4 Å². The van der Waals surface area contributed by atoms with Crippen LogP contribution in [0.1, 0.15) is 5.56 Å². The number of ether oxygens (including phenoxy) is 1. The first-order chi connectivity index (χ1) is 8.69. The van der Waals surface area contributed by atoms with Gasteiger partial charge in [0.1, 0.15) is 5.75 Å². The summed E-state index contributed by atoms with van der Waals surface area (Å²) in [7, 11) is 1.65. The van der Waals surface area contributed by atoms with Gasteiger partial charge < -0.3 is 10.1 Å². The molecule has 0 aromatic heterocycles. The third-order valence-corrected chi connectivity index (χ3v) is 3.15. The molecule has 2 aromatic rings. The number of rotatable bonds is 4. The van der Waals surface area contributed by atoms with Gasteiger partial charge in [0.15, 0.2) is 0 Å². The molecule has 0 aliphatic heterocycles. The van der Waals surface area contributed by atoms with Crippen LogP contribution in [0.25, 0.3) is 0 Å². The summed E-state index contributed by atoms with van der Waals surface area (Å²) in [6.07, 6.45) is 0. The van der Waals surface area contributed by atoms with Gasteiger partial charge in [0.2, 0.25) is 0 Å². The highest BCUT2D eigenvalue weighted by atomic mass is 35.5. The van der Waals surface area contributed by atoms with Crippen LogP contribution in [0.3, 0.4) is 0 Å². The van der Waals surface area contributed by atoms with Gasteiger partial charge in [-0.1, -0.05) is 35.3 Å². The molecule has 1 N–H and O–H groups in total. The normalized spacial score (nSPS) is 10.2. The van der Waals surface area contributed by atoms with Gasteiger partial charge in [-0.2, -0.15) is 0 Å². The average Bonchev–Trinajstić information content (AvgIpc) is 2.38. The lowest BCUT2D eigenvalue weighted by atomic mass is 10.2. The molecule has 4 heteroatoms. The SMILES string of the molecule is COc1cccc(NCc2ccc(Cl)cc2Cl)c1. The van der Waals surface area contributed by atoms with Gasteiger partial charge in [-0.15, -0.1) is 0 Å². The molecule has 18 heavy (non-hydrogen) atoms. The van der Waals surface area contributed by atoms with Crippen molar-refractivity contribution in [1.29, 1.82) is 0 Å². The predicted octanol–water partition coefficient (Wildman–Crippen LogP) is 4.61. The van der Waals surface area contributed by atoms with Crippen LogP contribution in [0.2, 0.25) is 10.0 Å². The molecule has 0 atom stereocenters. The summed E-state index contributed by atoms with van der Waals surface area (Å²) in [5.41, 5.74) is 1.99. The summed E-state index contributed by atoms with van der Waals surface area (Å²) in [6, 6.07) is 13.2. The molecular formula is C14H13Cl2NO. The van der Waals surface area contributed by atoms with Gasteiger partial charge in [0.05, 0.1) is 7.11 Å². The maximum Gasteiger partial charge on any atom is 0.120 e. The molecule has 0 heterocycles. The van der Waals surface area contributed by atoms with Crippen molar-refractivity contribution >= 4 is 28.9 Å².